The summed E-state index contributed by atoms with van der Waals surface area (Å²) in [7, 11) is 0. The number of phenols is 1. The van der Waals surface area contributed by atoms with Crippen molar-refractivity contribution in [2.75, 3.05) is 39.3 Å². The van der Waals surface area contributed by atoms with Crippen LogP contribution in [0.25, 0.3) is 0 Å². The molecule has 1 unspecified atom stereocenters. The molecule has 0 aliphatic carbocycles. The summed E-state index contributed by atoms with van der Waals surface area (Å²) in [6.45, 7) is 7.53. The predicted octanol–water partition coefficient (Wildman–Crippen LogP) is 2.22. The lowest BCUT2D eigenvalue weighted by molar-refractivity contribution is 0.0651. The first kappa shape index (κ1) is 15.8. The van der Waals surface area contributed by atoms with Gasteiger partial charge < -0.3 is 15.1 Å². The summed E-state index contributed by atoms with van der Waals surface area (Å²) in [5.74, 6) is 0.234. The lowest BCUT2D eigenvalue weighted by atomic mass is 10.0. The molecule has 0 saturated carbocycles. The van der Waals surface area contributed by atoms with Crippen molar-refractivity contribution in [2.45, 2.75) is 19.4 Å². The zero-order chi connectivity index (χ0) is 14.5. The first-order chi connectivity index (χ1) is 9.65. The van der Waals surface area contributed by atoms with E-state index in [2.05, 4.69) is 32.7 Å². The molecule has 20 heavy (non-hydrogen) atoms. The molecule has 112 valence electrons. The fourth-order valence-corrected chi connectivity index (χ4v) is 3.17. The molecule has 0 spiro atoms. The highest BCUT2D eigenvalue weighted by molar-refractivity contribution is 9.10. The Kier molecular flexibility index (Phi) is 5.84. The first-order valence-electron chi connectivity index (χ1n) is 7.21. The quantitative estimate of drug-likeness (QED) is 0.861. The minimum absolute atomic E-state index is 0.00989. The first-order valence-corrected chi connectivity index (χ1v) is 8.00. The van der Waals surface area contributed by atoms with Crippen LogP contribution in [0.4, 0.5) is 0 Å². The van der Waals surface area contributed by atoms with Gasteiger partial charge in [-0.15, -0.1) is 0 Å². The minimum Gasteiger partial charge on any atom is -0.507 e. The average molecular weight is 343 g/mol. The van der Waals surface area contributed by atoms with Gasteiger partial charge in [0.05, 0.1) is 17.1 Å². The van der Waals surface area contributed by atoms with Crippen LogP contribution in [0.2, 0.25) is 0 Å². The van der Waals surface area contributed by atoms with E-state index in [1.165, 1.54) is 6.42 Å². The molecule has 0 aromatic heterocycles. The minimum atomic E-state index is 0.00989. The normalized spacial score (nSPS) is 19.1. The van der Waals surface area contributed by atoms with Gasteiger partial charge >= 0.3 is 0 Å². The lowest BCUT2D eigenvalue weighted by Gasteiger charge is -2.38. The molecule has 1 atom stereocenters. The van der Waals surface area contributed by atoms with Crippen LogP contribution in [0.15, 0.2) is 22.7 Å². The van der Waals surface area contributed by atoms with Crippen LogP contribution in [0, 0.1) is 0 Å². The van der Waals surface area contributed by atoms with Gasteiger partial charge in [0.2, 0.25) is 0 Å². The van der Waals surface area contributed by atoms with Crippen LogP contribution in [0.5, 0.6) is 5.75 Å². The second kappa shape index (κ2) is 7.41. The number of nitrogens with zero attached hydrogens (tertiary/aromatic N) is 2. The number of piperazine rings is 1. The fraction of sp³-hybridized carbons (Fsp3) is 0.600. The number of benzene rings is 1. The van der Waals surface area contributed by atoms with Crippen LogP contribution in [-0.4, -0.2) is 59.3 Å². The summed E-state index contributed by atoms with van der Waals surface area (Å²) in [4.78, 5) is 4.79. The number of hydrogen-bond donors (Lipinski definition) is 2. The number of phenolic OH excluding ortho intramolecular Hbond substituents is 1. The van der Waals surface area contributed by atoms with Crippen LogP contribution in [0.1, 0.15) is 24.9 Å². The number of rotatable bonds is 5. The molecule has 2 rings (SSSR count). The second-order valence-corrected chi connectivity index (χ2v) is 6.14. The van der Waals surface area contributed by atoms with Crippen LogP contribution in [0.3, 0.4) is 0 Å². The third-order valence-corrected chi connectivity index (χ3v) is 4.55. The Morgan fingerprint density at radius 2 is 1.95 bits per heavy atom. The zero-order valence-corrected chi connectivity index (χ0v) is 13.5. The van der Waals surface area contributed by atoms with Crippen molar-refractivity contribution in [3.63, 3.8) is 0 Å². The average Bonchev–Trinajstić information content (AvgIpc) is 2.46. The van der Waals surface area contributed by atoms with E-state index in [1.54, 1.807) is 6.07 Å². The molecule has 0 radical (unpaired) electrons. The molecule has 1 fully saturated rings. The van der Waals surface area contributed by atoms with Gasteiger partial charge in [0, 0.05) is 26.2 Å². The van der Waals surface area contributed by atoms with Crippen molar-refractivity contribution in [3.8, 4) is 5.75 Å². The van der Waals surface area contributed by atoms with E-state index in [1.807, 2.05) is 12.1 Å². The number of aromatic hydroxyl groups is 1. The largest absolute Gasteiger partial charge is 0.507 e. The van der Waals surface area contributed by atoms with Gasteiger partial charge in [0.1, 0.15) is 5.75 Å². The molecular weight excluding hydrogens is 320 g/mol. The molecule has 5 heteroatoms. The van der Waals surface area contributed by atoms with Gasteiger partial charge in [-0.1, -0.05) is 13.0 Å². The lowest BCUT2D eigenvalue weighted by Crippen LogP contribution is -2.48. The third kappa shape index (κ3) is 3.73. The highest BCUT2D eigenvalue weighted by atomic mass is 79.9. The SMILES string of the molecule is CCCN1CCN(C(CO)c2ccc(O)c(Br)c2)CC1. The number of halogens is 1. The molecule has 0 amide bonds. The fourth-order valence-electron chi connectivity index (χ4n) is 2.78. The highest BCUT2D eigenvalue weighted by Gasteiger charge is 2.24. The van der Waals surface area contributed by atoms with Gasteiger partial charge in [-0.05, 0) is 46.6 Å². The summed E-state index contributed by atoms with van der Waals surface area (Å²) in [5.41, 5.74) is 1.04. The van der Waals surface area contributed by atoms with Crippen molar-refractivity contribution in [1.82, 2.24) is 9.80 Å². The smallest absolute Gasteiger partial charge is 0.129 e. The molecular formula is C15H23BrN2O2. The topological polar surface area (TPSA) is 46.9 Å². The van der Waals surface area contributed by atoms with Crippen LogP contribution < -0.4 is 0 Å². The summed E-state index contributed by atoms with van der Waals surface area (Å²) in [6.07, 6.45) is 1.19. The Morgan fingerprint density at radius 1 is 1.25 bits per heavy atom. The number of aliphatic hydroxyl groups excluding tert-OH is 1. The maximum absolute atomic E-state index is 9.73. The van der Waals surface area contributed by atoms with E-state index in [9.17, 15) is 10.2 Å². The standard InChI is InChI=1S/C15H23BrN2O2/c1-2-5-17-6-8-18(9-7-17)14(11-19)12-3-4-15(20)13(16)10-12/h3-4,10,14,19-20H,2,5-9,11H2,1H3. The van der Waals surface area contributed by atoms with E-state index < -0.39 is 0 Å². The molecule has 1 aromatic rings. The van der Waals surface area contributed by atoms with E-state index in [0.29, 0.717) is 4.47 Å². The van der Waals surface area contributed by atoms with E-state index >= 15 is 0 Å². The number of aliphatic hydroxyl groups is 1. The van der Waals surface area contributed by atoms with Crippen molar-refractivity contribution in [2.24, 2.45) is 0 Å². The Hall–Kier alpha value is -0.620. The van der Waals surface area contributed by atoms with Crippen molar-refractivity contribution < 1.29 is 10.2 Å². The van der Waals surface area contributed by atoms with E-state index in [-0.39, 0.29) is 18.4 Å². The maximum atomic E-state index is 9.73. The monoisotopic (exact) mass is 342 g/mol. The summed E-state index contributed by atoms with van der Waals surface area (Å²) >= 11 is 3.34. The van der Waals surface area contributed by atoms with Crippen LogP contribution >= 0.6 is 15.9 Å². The maximum Gasteiger partial charge on any atom is 0.129 e. The predicted molar refractivity (Wildman–Crippen MR) is 83.9 cm³/mol. The molecule has 4 nitrogen and oxygen atoms in total. The third-order valence-electron chi connectivity index (χ3n) is 3.92. The summed E-state index contributed by atoms with van der Waals surface area (Å²) in [6, 6.07) is 5.47. The Morgan fingerprint density at radius 3 is 2.50 bits per heavy atom. The van der Waals surface area contributed by atoms with Crippen molar-refractivity contribution >= 4 is 15.9 Å². The molecule has 1 aliphatic heterocycles. The van der Waals surface area contributed by atoms with E-state index in [4.69, 9.17) is 0 Å². The van der Waals surface area contributed by atoms with Gasteiger partial charge in [0.25, 0.3) is 0 Å². The Bertz CT molecular complexity index is 434. The van der Waals surface area contributed by atoms with E-state index in [0.717, 1.165) is 38.3 Å². The van der Waals surface area contributed by atoms with Gasteiger partial charge in [0.15, 0.2) is 0 Å². The molecule has 1 saturated heterocycles. The Labute approximate surface area is 129 Å². The molecule has 1 heterocycles. The molecule has 0 bridgehead atoms. The van der Waals surface area contributed by atoms with Crippen LogP contribution in [-0.2, 0) is 0 Å². The molecule has 2 N–H and O–H groups in total. The summed E-state index contributed by atoms with van der Waals surface area (Å²) < 4.78 is 0.679. The van der Waals surface area contributed by atoms with Crippen molar-refractivity contribution in [1.29, 1.82) is 0 Å². The molecule has 1 aliphatic rings. The van der Waals surface area contributed by atoms with Gasteiger partial charge in [-0.25, -0.2) is 0 Å². The second-order valence-electron chi connectivity index (χ2n) is 5.29. The molecule has 1 aromatic carbocycles. The summed E-state index contributed by atoms with van der Waals surface area (Å²) in [5, 5.41) is 19.3. The van der Waals surface area contributed by atoms with Gasteiger partial charge in [-0.2, -0.15) is 0 Å². The Balaban J connectivity index is 2.03. The zero-order valence-electron chi connectivity index (χ0n) is 11.9. The highest BCUT2D eigenvalue weighted by Crippen LogP contribution is 2.29. The van der Waals surface area contributed by atoms with Gasteiger partial charge in [-0.3, -0.25) is 4.90 Å². The number of hydrogen-bond acceptors (Lipinski definition) is 4. The van der Waals surface area contributed by atoms with Crippen molar-refractivity contribution in [3.05, 3.63) is 28.2 Å².